The molecule has 0 unspecified atom stereocenters. The fourth-order valence-electron chi connectivity index (χ4n) is 2.93. The smallest absolute Gasteiger partial charge is 0.113 e. The van der Waals surface area contributed by atoms with Crippen LogP contribution in [0.3, 0.4) is 0 Å². The maximum Gasteiger partial charge on any atom is 0.113 e. The molecule has 0 amide bonds. The Bertz CT molecular complexity index is 961. The van der Waals surface area contributed by atoms with Crippen LogP contribution in [0.25, 0.3) is 11.3 Å². The predicted octanol–water partition coefficient (Wildman–Crippen LogP) is 3.70. The average Bonchev–Trinajstić information content (AvgIpc) is 3.18. The van der Waals surface area contributed by atoms with Gasteiger partial charge in [-0.1, -0.05) is 47.7 Å². The Labute approximate surface area is 158 Å². The second-order valence-corrected chi connectivity index (χ2v) is 6.41. The van der Waals surface area contributed by atoms with E-state index < -0.39 is 0 Å². The minimum absolute atomic E-state index is 0.467. The SMILES string of the molecule is ON1C=CC(Nc2cccc(-c3cn(CCc4ccccc4)nn3)c2)=CC1. The summed E-state index contributed by atoms with van der Waals surface area (Å²) in [6, 6.07) is 18.4. The van der Waals surface area contributed by atoms with E-state index in [9.17, 15) is 5.21 Å². The van der Waals surface area contributed by atoms with Gasteiger partial charge in [0.25, 0.3) is 0 Å². The lowest BCUT2D eigenvalue weighted by Gasteiger charge is -2.16. The molecule has 0 aliphatic carbocycles. The molecule has 6 heteroatoms. The summed E-state index contributed by atoms with van der Waals surface area (Å²) < 4.78 is 1.88. The molecule has 27 heavy (non-hydrogen) atoms. The molecule has 0 spiro atoms. The topological polar surface area (TPSA) is 66.2 Å². The quantitative estimate of drug-likeness (QED) is 0.702. The molecule has 1 aromatic heterocycles. The van der Waals surface area contributed by atoms with Gasteiger partial charge < -0.3 is 5.32 Å². The highest BCUT2D eigenvalue weighted by molar-refractivity contribution is 5.65. The summed E-state index contributed by atoms with van der Waals surface area (Å²) in [5.74, 6) is 0. The van der Waals surface area contributed by atoms with Crippen LogP contribution in [0.15, 0.2) is 84.8 Å². The monoisotopic (exact) mass is 359 g/mol. The molecular weight excluding hydrogens is 338 g/mol. The van der Waals surface area contributed by atoms with Crippen LogP contribution in [0.4, 0.5) is 5.69 Å². The molecule has 0 radical (unpaired) electrons. The van der Waals surface area contributed by atoms with Crippen molar-refractivity contribution in [1.29, 1.82) is 0 Å². The van der Waals surface area contributed by atoms with Crippen molar-refractivity contribution in [3.05, 3.63) is 90.4 Å². The minimum Gasteiger partial charge on any atom is -0.356 e. The van der Waals surface area contributed by atoms with Gasteiger partial charge in [-0.3, -0.25) is 15.0 Å². The van der Waals surface area contributed by atoms with Crippen LogP contribution in [0.2, 0.25) is 0 Å². The molecule has 0 fully saturated rings. The average molecular weight is 359 g/mol. The Morgan fingerprint density at radius 1 is 1.07 bits per heavy atom. The summed E-state index contributed by atoms with van der Waals surface area (Å²) in [4.78, 5) is 0. The maximum atomic E-state index is 9.36. The number of anilines is 1. The maximum absolute atomic E-state index is 9.36. The van der Waals surface area contributed by atoms with Crippen molar-refractivity contribution in [3.8, 4) is 11.3 Å². The molecule has 2 heterocycles. The standard InChI is InChI=1S/C21H21N5O/c27-26-13-10-19(11-14-26)22-20-8-4-7-18(15-20)21-16-25(24-23-21)12-9-17-5-2-1-3-6-17/h1-8,10-11,13,15-16,22,27H,9,12,14H2. The summed E-state index contributed by atoms with van der Waals surface area (Å²) in [5.41, 5.74) is 5.06. The van der Waals surface area contributed by atoms with Crippen LogP contribution in [-0.4, -0.2) is 31.8 Å². The number of nitrogens with zero attached hydrogens (tertiary/aromatic N) is 4. The van der Waals surface area contributed by atoms with Gasteiger partial charge in [0.1, 0.15) is 5.69 Å². The minimum atomic E-state index is 0.467. The first-order chi connectivity index (χ1) is 13.3. The van der Waals surface area contributed by atoms with Gasteiger partial charge in [0.2, 0.25) is 0 Å². The third kappa shape index (κ3) is 4.43. The van der Waals surface area contributed by atoms with Crippen LogP contribution in [-0.2, 0) is 13.0 Å². The normalized spacial score (nSPS) is 13.5. The van der Waals surface area contributed by atoms with E-state index in [-0.39, 0.29) is 0 Å². The Morgan fingerprint density at radius 2 is 1.96 bits per heavy atom. The van der Waals surface area contributed by atoms with E-state index in [1.165, 1.54) is 5.56 Å². The molecular formula is C21H21N5O. The lowest BCUT2D eigenvalue weighted by Crippen LogP contribution is -2.16. The number of allylic oxidation sites excluding steroid dienone is 1. The van der Waals surface area contributed by atoms with Gasteiger partial charge in [-0.25, -0.2) is 0 Å². The first-order valence-electron chi connectivity index (χ1n) is 8.92. The van der Waals surface area contributed by atoms with Crippen LogP contribution >= 0.6 is 0 Å². The van der Waals surface area contributed by atoms with E-state index in [4.69, 9.17) is 0 Å². The molecule has 1 aliphatic rings. The molecule has 3 aromatic rings. The summed E-state index contributed by atoms with van der Waals surface area (Å²) >= 11 is 0. The third-order valence-electron chi connectivity index (χ3n) is 4.38. The van der Waals surface area contributed by atoms with Crippen molar-refractivity contribution in [2.75, 3.05) is 11.9 Å². The zero-order valence-corrected chi connectivity index (χ0v) is 14.9. The van der Waals surface area contributed by atoms with Crippen LogP contribution in [0, 0.1) is 0 Å². The fraction of sp³-hybridized carbons (Fsp3) is 0.143. The van der Waals surface area contributed by atoms with E-state index in [0.717, 1.165) is 40.7 Å². The predicted molar refractivity (Wildman–Crippen MR) is 105 cm³/mol. The van der Waals surface area contributed by atoms with Gasteiger partial charge in [0.05, 0.1) is 12.7 Å². The number of rotatable bonds is 6. The summed E-state index contributed by atoms with van der Waals surface area (Å²) in [6.07, 6.45) is 8.28. The van der Waals surface area contributed by atoms with E-state index in [1.54, 1.807) is 6.20 Å². The first-order valence-corrected chi connectivity index (χ1v) is 8.92. The number of hydrogen-bond donors (Lipinski definition) is 2. The lowest BCUT2D eigenvalue weighted by molar-refractivity contribution is -0.0305. The number of hydroxylamine groups is 2. The number of nitrogens with one attached hydrogen (secondary N) is 1. The Kier molecular flexibility index (Phi) is 4.98. The Balaban J connectivity index is 1.43. The van der Waals surface area contributed by atoms with Crippen molar-refractivity contribution >= 4 is 5.69 Å². The van der Waals surface area contributed by atoms with Gasteiger partial charge in [0, 0.05) is 29.7 Å². The largest absolute Gasteiger partial charge is 0.356 e. The van der Waals surface area contributed by atoms with Gasteiger partial charge in [0.15, 0.2) is 0 Å². The zero-order valence-electron chi connectivity index (χ0n) is 14.9. The van der Waals surface area contributed by atoms with Crippen molar-refractivity contribution in [1.82, 2.24) is 20.1 Å². The second-order valence-electron chi connectivity index (χ2n) is 6.41. The molecule has 0 atom stereocenters. The zero-order chi connectivity index (χ0) is 18.5. The lowest BCUT2D eigenvalue weighted by atomic mass is 10.1. The summed E-state index contributed by atoms with van der Waals surface area (Å²) in [6.45, 7) is 1.26. The van der Waals surface area contributed by atoms with E-state index in [2.05, 4.69) is 39.9 Å². The molecule has 6 nitrogen and oxygen atoms in total. The Hall–Kier alpha value is -3.38. The molecule has 2 N–H and O–H groups in total. The third-order valence-corrected chi connectivity index (χ3v) is 4.38. The fourth-order valence-corrected chi connectivity index (χ4v) is 2.93. The van der Waals surface area contributed by atoms with Gasteiger partial charge in [-0.2, -0.15) is 0 Å². The van der Waals surface area contributed by atoms with E-state index in [0.29, 0.717) is 6.54 Å². The van der Waals surface area contributed by atoms with Gasteiger partial charge in [-0.05, 0) is 36.3 Å². The van der Waals surface area contributed by atoms with E-state index in [1.807, 2.05) is 53.4 Å². The van der Waals surface area contributed by atoms with Crippen molar-refractivity contribution in [2.45, 2.75) is 13.0 Å². The highest BCUT2D eigenvalue weighted by Crippen LogP contribution is 2.22. The number of aryl methyl sites for hydroxylation is 2. The van der Waals surface area contributed by atoms with Gasteiger partial charge >= 0.3 is 0 Å². The van der Waals surface area contributed by atoms with E-state index >= 15 is 0 Å². The molecule has 136 valence electrons. The van der Waals surface area contributed by atoms with Crippen LogP contribution in [0.1, 0.15) is 5.56 Å². The van der Waals surface area contributed by atoms with Crippen LogP contribution < -0.4 is 5.32 Å². The molecule has 0 saturated heterocycles. The van der Waals surface area contributed by atoms with Crippen molar-refractivity contribution in [2.24, 2.45) is 0 Å². The number of benzene rings is 2. The molecule has 0 saturated carbocycles. The molecule has 2 aromatic carbocycles. The second kappa shape index (κ2) is 7.88. The van der Waals surface area contributed by atoms with Crippen molar-refractivity contribution in [3.63, 3.8) is 0 Å². The van der Waals surface area contributed by atoms with Crippen molar-refractivity contribution < 1.29 is 5.21 Å². The van der Waals surface area contributed by atoms with Crippen LogP contribution in [0.5, 0.6) is 0 Å². The summed E-state index contributed by atoms with van der Waals surface area (Å²) in [7, 11) is 0. The molecule has 4 rings (SSSR count). The molecule has 1 aliphatic heterocycles. The summed E-state index contributed by atoms with van der Waals surface area (Å²) in [5, 5.41) is 22.4. The number of aromatic nitrogens is 3. The highest BCUT2D eigenvalue weighted by Gasteiger charge is 2.07. The highest BCUT2D eigenvalue weighted by atomic mass is 16.5. The first kappa shape index (κ1) is 17.1. The van der Waals surface area contributed by atoms with Gasteiger partial charge in [-0.15, -0.1) is 5.10 Å². The molecule has 0 bridgehead atoms. The number of hydrogen-bond acceptors (Lipinski definition) is 5. The Morgan fingerprint density at radius 3 is 2.78 bits per heavy atom.